The van der Waals surface area contributed by atoms with Crippen molar-refractivity contribution in [2.75, 3.05) is 5.32 Å². The molecule has 0 aliphatic carbocycles. The first-order valence-corrected chi connectivity index (χ1v) is 8.08. The number of rotatable bonds is 5. The summed E-state index contributed by atoms with van der Waals surface area (Å²) in [5.41, 5.74) is 8.71. The van der Waals surface area contributed by atoms with Crippen molar-refractivity contribution in [2.24, 2.45) is 5.73 Å². The Bertz CT molecular complexity index is 784. The van der Waals surface area contributed by atoms with Crippen LogP contribution in [0.4, 0.5) is 5.82 Å². The molecule has 8 heteroatoms. The quantitative estimate of drug-likeness (QED) is 0.695. The Kier molecular flexibility index (Phi) is 4.28. The summed E-state index contributed by atoms with van der Waals surface area (Å²) in [6.07, 6.45) is 2.35. The molecule has 0 aliphatic heterocycles. The monoisotopic (exact) mass is 337 g/mol. The predicted octanol–water partition coefficient (Wildman–Crippen LogP) is 3.14. The summed E-state index contributed by atoms with van der Waals surface area (Å²) in [6, 6.07) is 1.90. The maximum Gasteiger partial charge on any atom is 0.224 e. The zero-order valence-corrected chi connectivity index (χ0v) is 13.8. The van der Waals surface area contributed by atoms with Crippen LogP contribution in [-0.4, -0.2) is 21.2 Å². The van der Waals surface area contributed by atoms with Gasteiger partial charge in [-0.05, 0) is 37.4 Å². The smallest absolute Gasteiger partial charge is 0.224 e. The summed E-state index contributed by atoms with van der Waals surface area (Å²) < 4.78 is 5.81. The molecule has 0 unspecified atom stereocenters. The van der Waals surface area contributed by atoms with Crippen molar-refractivity contribution in [3.8, 4) is 0 Å². The Balaban J connectivity index is 1.98. The molecule has 6 nitrogen and oxygen atoms in total. The van der Waals surface area contributed by atoms with Crippen molar-refractivity contribution in [3.63, 3.8) is 0 Å². The number of hydrogen-bond acceptors (Lipinski definition) is 7. The summed E-state index contributed by atoms with van der Waals surface area (Å²) in [5.74, 6) is 0.710. The molecule has 0 spiro atoms. The van der Waals surface area contributed by atoms with Gasteiger partial charge in [-0.1, -0.05) is 5.16 Å². The van der Waals surface area contributed by atoms with Crippen LogP contribution < -0.4 is 11.1 Å². The van der Waals surface area contributed by atoms with Crippen molar-refractivity contribution in [2.45, 2.75) is 32.9 Å². The largest absolute Gasteiger partial charge is 0.364 e. The highest BCUT2D eigenvalue weighted by Crippen LogP contribution is 2.35. The van der Waals surface area contributed by atoms with Crippen LogP contribution in [0.1, 0.15) is 23.1 Å². The van der Waals surface area contributed by atoms with Gasteiger partial charge in [-0.3, -0.25) is 0 Å². The maximum absolute atomic E-state index is 6.06. The number of hydrogen-bond donors (Lipinski definition) is 2. The minimum atomic E-state index is 0.0988. The van der Waals surface area contributed by atoms with Crippen LogP contribution >= 0.6 is 22.9 Å². The van der Waals surface area contributed by atoms with Gasteiger partial charge in [0, 0.05) is 17.0 Å². The molecule has 0 aliphatic rings. The number of halogens is 1. The highest BCUT2D eigenvalue weighted by atomic mass is 35.5. The fourth-order valence-corrected chi connectivity index (χ4v) is 3.74. The molecule has 0 fully saturated rings. The van der Waals surface area contributed by atoms with E-state index in [1.54, 1.807) is 17.4 Å². The Morgan fingerprint density at radius 1 is 1.45 bits per heavy atom. The zero-order valence-electron chi connectivity index (χ0n) is 12.3. The lowest BCUT2D eigenvalue weighted by atomic mass is 10.1. The number of nitrogens with two attached hydrogens (primary N) is 1. The van der Waals surface area contributed by atoms with E-state index >= 15 is 0 Å². The molecule has 0 saturated heterocycles. The molecule has 3 aromatic heterocycles. The molecule has 116 valence electrons. The molecule has 22 heavy (non-hydrogen) atoms. The van der Waals surface area contributed by atoms with E-state index in [0.29, 0.717) is 12.4 Å². The summed E-state index contributed by atoms with van der Waals surface area (Å²) in [4.78, 5) is 9.87. The van der Waals surface area contributed by atoms with Crippen molar-refractivity contribution in [1.29, 1.82) is 0 Å². The lowest BCUT2D eigenvalue weighted by molar-refractivity contribution is 0.412. The molecule has 0 amide bonds. The molecule has 1 atom stereocenters. The first-order chi connectivity index (χ1) is 10.5. The molecule has 0 saturated carbocycles. The number of anilines is 1. The van der Waals surface area contributed by atoms with Crippen LogP contribution in [0.15, 0.2) is 16.9 Å². The van der Waals surface area contributed by atoms with Gasteiger partial charge < -0.3 is 15.6 Å². The number of aromatic nitrogens is 3. The van der Waals surface area contributed by atoms with E-state index in [0.717, 1.165) is 27.9 Å². The molecule has 3 N–H and O–H groups in total. The Hall–Kier alpha value is -1.70. The van der Waals surface area contributed by atoms with Crippen molar-refractivity contribution < 1.29 is 4.52 Å². The van der Waals surface area contributed by atoms with E-state index in [4.69, 9.17) is 21.9 Å². The van der Waals surface area contributed by atoms with Crippen molar-refractivity contribution in [1.82, 2.24) is 15.1 Å². The van der Waals surface area contributed by atoms with Crippen LogP contribution in [0.2, 0.25) is 5.28 Å². The van der Waals surface area contributed by atoms with Crippen LogP contribution in [0.5, 0.6) is 0 Å². The highest BCUT2D eigenvalue weighted by molar-refractivity contribution is 7.19. The number of nitrogens with zero attached hydrogens (tertiary/aromatic N) is 3. The molecule has 0 aromatic carbocycles. The fraction of sp³-hybridized carbons (Fsp3) is 0.357. The zero-order chi connectivity index (χ0) is 15.7. The minimum Gasteiger partial charge on any atom is -0.364 e. The van der Waals surface area contributed by atoms with E-state index < -0.39 is 0 Å². The van der Waals surface area contributed by atoms with E-state index in [2.05, 4.69) is 20.4 Å². The highest BCUT2D eigenvalue weighted by Gasteiger charge is 2.16. The fourth-order valence-electron chi connectivity index (χ4n) is 2.22. The number of thiophene rings is 1. The third-order valence-electron chi connectivity index (χ3n) is 3.27. The molecule has 3 heterocycles. The maximum atomic E-state index is 6.06. The second kappa shape index (κ2) is 6.20. The summed E-state index contributed by atoms with van der Waals surface area (Å²) in [6.45, 7) is 4.55. The number of fused-ring (bicyclic) bond motifs is 1. The number of aryl methyl sites for hydroxylation is 1. The average Bonchev–Trinajstić information content (AvgIpc) is 3.07. The van der Waals surface area contributed by atoms with Crippen molar-refractivity contribution >= 4 is 39.0 Å². The average molecular weight is 338 g/mol. The van der Waals surface area contributed by atoms with Gasteiger partial charge in [-0.25, -0.2) is 4.98 Å². The third kappa shape index (κ3) is 3.06. The first kappa shape index (κ1) is 15.2. The number of nitrogens with one attached hydrogen (secondary N) is 1. The predicted molar refractivity (Wildman–Crippen MR) is 88.3 cm³/mol. The van der Waals surface area contributed by atoms with Crippen LogP contribution in [0.25, 0.3) is 10.2 Å². The molecule has 3 rings (SSSR count). The topological polar surface area (TPSA) is 89.9 Å². The van der Waals surface area contributed by atoms with Crippen LogP contribution in [0, 0.1) is 6.92 Å². The standard InChI is InChI=1S/C14H16ClN5OS/c1-7(16)5-10-8(2)11-12(22-10)13(19-14(15)18-11)17-6-9-3-4-21-20-9/h3-4,7H,5-6,16H2,1-2H3,(H,17,18,19)/t7-/m0/s1. The summed E-state index contributed by atoms with van der Waals surface area (Å²) in [5, 5.41) is 7.34. The van der Waals surface area contributed by atoms with Crippen LogP contribution in [-0.2, 0) is 13.0 Å². The molecular formula is C14H16ClN5OS. The van der Waals surface area contributed by atoms with E-state index in [1.807, 2.05) is 13.8 Å². The van der Waals surface area contributed by atoms with E-state index in [9.17, 15) is 0 Å². The molecule has 0 bridgehead atoms. The molecular weight excluding hydrogens is 322 g/mol. The summed E-state index contributed by atoms with van der Waals surface area (Å²) in [7, 11) is 0. The Morgan fingerprint density at radius 3 is 2.95 bits per heavy atom. The van der Waals surface area contributed by atoms with Gasteiger partial charge in [0.15, 0.2) is 0 Å². The van der Waals surface area contributed by atoms with Gasteiger partial charge >= 0.3 is 0 Å². The third-order valence-corrected chi connectivity index (χ3v) is 4.75. The molecule has 3 aromatic rings. The first-order valence-electron chi connectivity index (χ1n) is 6.89. The van der Waals surface area contributed by atoms with Gasteiger partial charge in [-0.15, -0.1) is 11.3 Å². The van der Waals surface area contributed by atoms with Gasteiger partial charge in [0.1, 0.15) is 17.8 Å². The lowest BCUT2D eigenvalue weighted by Gasteiger charge is -2.04. The Labute approximate surface area is 136 Å². The second-order valence-corrected chi connectivity index (χ2v) is 6.64. The van der Waals surface area contributed by atoms with Crippen LogP contribution in [0.3, 0.4) is 0 Å². The van der Waals surface area contributed by atoms with Gasteiger partial charge in [0.05, 0.1) is 16.8 Å². The minimum absolute atomic E-state index is 0.0988. The normalized spacial score (nSPS) is 12.7. The van der Waals surface area contributed by atoms with Gasteiger partial charge in [0.2, 0.25) is 5.28 Å². The Morgan fingerprint density at radius 2 is 2.27 bits per heavy atom. The SMILES string of the molecule is Cc1c(C[C@H](C)N)sc2c(NCc3ccon3)nc(Cl)nc12. The lowest BCUT2D eigenvalue weighted by Crippen LogP contribution is -2.17. The van der Waals surface area contributed by atoms with Gasteiger partial charge in [-0.2, -0.15) is 4.98 Å². The van der Waals surface area contributed by atoms with E-state index in [1.165, 1.54) is 11.1 Å². The molecule has 0 radical (unpaired) electrons. The van der Waals surface area contributed by atoms with Crippen molar-refractivity contribution in [3.05, 3.63) is 33.7 Å². The van der Waals surface area contributed by atoms with Gasteiger partial charge in [0.25, 0.3) is 0 Å². The second-order valence-electron chi connectivity index (χ2n) is 5.19. The summed E-state index contributed by atoms with van der Waals surface area (Å²) >= 11 is 7.71. The van der Waals surface area contributed by atoms with E-state index in [-0.39, 0.29) is 11.3 Å².